The van der Waals surface area contributed by atoms with Crippen molar-refractivity contribution in [3.05, 3.63) is 101 Å². The number of rotatable bonds is 7. The maximum atomic E-state index is 12.9. The zero-order valence-electron chi connectivity index (χ0n) is 19.2. The summed E-state index contributed by atoms with van der Waals surface area (Å²) in [4.78, 5) is 39.8. The Hall–Kier alpha value is -3.93. The molecule has 0 spiro atoms. The number of carbonyl (C=O) groups is 3. The zero-order chi connectivity index (χ0) is 23.9. The summed E-state index contributed by atoms with van der Waals surface area (Å²) in [5, 5.41) is 2.70. The molecule has 0 aromatic heterocycles. The highest BCUT2D eigenvalue weighted by molar-refractivity contribution is 6.03. The molecule has 1 aliphatic heterocycles. The number of aryl methyl sites for hydroxylation is 1. The molecule has 6 nitrogen and oxygen atoms in total. The van der Waals surface area contributed by atoms with Crippen LogP contribution in [0.15, 0.2) is 78.9 Å². The van der Waals surface area contributed by atoms with Gasteiger partial charge in [-0.15, -0.1) is 0 Å². The third-order valence-corrected chi connectivity index (χ3v) is 6.04. The van der Waals surface area contributed by atoms with Gasteiger partial charge in [0.1, 0.15) is 11.9 Å². The second kappa shape index (κ2) is 10.8. The molecule has 174 valence electrons. The first kappa shape index (κ1) is 23.2. The van der Waals surface area contributed by atoms with Crippen molar-refractivity contribution in [1.82, 2.24) is 10.2 Å². The number of para-hydroxylation sites is 1. The van der Waals surface area contributed by atoms with Gasteiger partial charge in [-0.3, -0.25) is 14.4 Å². The van der Waals surface area contributed by atoms with E-state index in [2.05, 4.69) is 5.32 Å². The highest BCUT2D eigenvalue weighted by atomic mass is 16.5. The first-order valence-corrected chi connectivity index (χ1v) is 11.5. The van der Waals surface area contributed by atoms with E-state index in [0.717, 1.165) is 11.1 Å². The number of nitrogens with zero attached hydrogens (tertiary/aromatic N) is 1. The molecule has 3 aromatic rings. The monoisotopic (exact) mass is 456 g/mol. The van der Waals surface area contributed by atoms with E-state index in [1.807, 2.05) is 48.2 Å². The van der Waals surface area contributed by atoms with Gasteiger partial charge < -0.3 is 15.0 Å². The van der Waals surface area contributed by atoms with Crippen molar-refractivity contribution in [3.8, 4) is 5.75 Å². The van der Waals surface area contributed by atoms with Crippen molar-refractivity contribution in [1.29, 1.82) is 0 Å². The van der Waals surface area contributed by atoms with Crippen molar-refractivity contribution >= 4 is 17.6 Å². The molecule has 0 radical (unpaired) electrons. The number of piperidine rings is 1. The lowest BCUT2D eigenvalue weighted by atomic mass is 10.0. The number of nitrogens with one attached hydrogen (secondary N) is 1. The van der Waals surface area contributed by atoms with Crippen molar-refractivity contribution in [3.63, 3.8) is 0 Å². The first-order chi connectivity index (χ1) is 16.5. The smallest absolute Gasteiger partial charge is 0.255 e. The summed E-state index contributed by atoms with van der Waals surface area (Å²) in [6.07, 6.45) is 1.26. The molecule has 1 aliphatic rings. The number of ketones is 1. The highest BCUT2D eigenvalue weighted by Gasteiger charge is 2.26. The van der Waals surface area contributed by atoms with Gasteiger partial charge >= 0.3 is 0 Å². The minimum Gasteiger partial charge on any atom is -0.489 e. The number of amides is 2. The van der Waals surface area contributed by atoms with Crippen LogP contribution in [0.4, 0.5) is 0 Å². The Kier molecular flexibility index (Phi) is 7.38. The molecule has 1 N–H and O–H groups in total. The molecule has 0 unspecified atom stereocenters. The van der Waals surface area contributed by atoms with Crippen LogP contribution in [0.2, 0.25) is 0 Å². The Morgan fingerprint density at radius 1 is 0.853 bits per heavy atom. The van der Waals surface area contributed by atoms with Gasteiger partial charge in [-0.05, 0) is 30.7 Å². The van der Waals surface area contributed by atoms with E-state index < -0.39 is 0 Å². The quantitative estimate of drug-likeness (QED) is 0.538. The van der Waals surface area contributed by atoms with Crippen molar-refractivity contribution in [2.75, 3.05) is 19.6 Å². The largest absolute Gasteiger partial charge is 0.489 e. The molecule has 6 heteroatoms. The van der Waals surface area contributed by atoms with Gasteiger partial charge in [0.15, 0.2) is 5.78 Å². The molecule has 0 bridgehead atoms. The fourth-order valence-electron chi connectivity index (χ4n) is 4.08. The Morgan fingerprint density at radius 3 is 2.18 bits per heavy atom. The third-order valence-electron chi connectivity index (χ3n) is 6.04. The Bertz CT molecular complexity index is 1170. The summed E-state index contributed by atoms with van der Waals surface area (Å²) in [6, 6.07) is 23.5. The summed E-state index contributed by atoms with van der Waals surface area (Å²) in [5.74, 6) is 0.0142. The third kappa shape index (κ3) is 5.52. The van der Waals surface area contributed by atoms with E-state index in [0.29, 0.717) is 42.8 Å². The van der Waals surface area contributed by atoms with E-state index in [-0.39, 0.29) is 30.2 Å². The SMILES string of the molecule is Cc1ccccc1C(=O)N1CCC(Oc2ccccc2C(=O)NCC(=O)c2ccccc2)CC1. The molecule has 2 amide bonds. The molecule has 3 aromatic carbocycles. The average molecular weight is 457 g/mol. The van der Waals surface area contributed by atoms with E-state index in [1.54, 1.807) is 42.5 Å². The minimum atomic E-state index is -0.355. The van der Waals surface area contributed by atoms with Gasteiger partial charge in [-0.1, -0.05) is 60.7 Å². The van der Waals surface area contributed by atoms with Crippen molar-refractivity contribution < 1.29 is 19.1 Å². The van der Waals surface area contributed by atoms with E-state index in [4.69, 9.17) is 4.74 Å². The maximum Gasteiger partial charge on any atom is 0.255 e. The molecule has 34 heavy (non-hydrogen) atoms. The summed E-state index contributed by atoms with van der Waals surface area (Å²) in [5.41, 5.74) is 2.65. The second-order valence-corrected chi connectivity index (χ2v) is 8.39. The molecular weight excluding hydrogens is 428 g/mol. The first-order valence-electron chi connectivity index (χ1n) is 11.5. The lowest BCUT2D eigenvalue weighted by Gasteiger charge is -2.32. The van der Waals surface area contributed by atoms with Crippen LogP contribution in [-0.4, -0.2) is 48.2 Å². The van der Waals surface area contributed by atoms with Crippen LogP contribution in [0.3, 0.4) is 0 Å². The van der Waals surface area contributed by atoms with Crippen LogP contribution in [0.5, 0.6) is 5.75 Å². The van der Waals surface area contributed by atoms with Crippen LogP contribution in [0, 0.1) is 6.92 Å². The Balaban J connectivity index is 1.34. The van der Waals surface area contributed by atoms with Gasteiger partial charge in [-0.2, -0.15) is 0 Å². The molecule has 1 fully saturated rings. The molecule has 4 rings (SSSR count). The fourth-order valence-corrected chi connectivity index (χ4v) is 4.08. The topological polar surface area (TPSA) is 75.7 Å². The second-order valence-electron chi connectivity index (χ2n) is 8.39. The van der Waals surface area contributed by atoms with Crippen LogP contribution in [-0.2, 0) is 0 Å². The number of carbonyl (C=O) groups excluding carboxylic acids is 3. The number of benzene rings is 3. The van der Waals surface area contributed by atoms with Crippen LogP contribution in [0.25, 0.3) is 0 Å². The van der Waals surface area contributed by atoms with Gasteiger partial charge in [0.05, 0.1) is 12.1 Å². The normalized spacial score (nSPS) is 13.9. The van der Waals surface area contributed by atoms with Crippen LogP contribution >= 0.6 is 0 Å². The standard InChI is InChI=1S/C28H28N2O4/c1-20-9-5-6-12-23(20)28(33)30-17-15-22(16-18-30)34-26-14-8-7-13-24(26)27(32)29-19-25(31)21-10-3-2-4-11-21/h2-14,22H,15-19H2,1H3,(H,29,32). The summed E-state index contributed by atoms with van der Waals surface area (Å²) in [7, 11) is 0. The predicted octanol–water partition coefficient (Wildman–Crippen LogP) is 4.29. The van der Waals surface area contributed by atoms with Crippen molar-refractivity contribution in [2.24, 2.45) is 0 Å². The molecule has 0 aliphatic carbocycles. The molecule has 0 saturated carbocycles. The Morgan fingerprint density at radius 2 is 1.47 bits per heavy atom. The Labute approximate surface area is 199 Å². The minimum absolute atomic E-state index is 0.0411. The molecule has 1 heterocycles. The average Bonchev–Trinajstić information content (AvgIpc) is 2.88. The fraction of sp³-hybridized carbons (Fsp3) is 0.250. The zero-order valence-corrected chi connectivity index (χ0v) is 19.2. The van der Waals surface area contributed by atoms with E-state index >= 15 is 0 Å². The van der Waals surface area contributed by atoms with E-state index in [1.165, 1.54) is 0 Å². The molecular formula is C28H28N2O4. The van der Waals surface area contributed by atoms with Crippen LogP contribution in [0.1, 0.15) is 49.5 Å². The van der Waals surface area contributed by atoms with Gasteiger partial charge in [0.25, 0.3) is 11.8 Å². The highest BCUT2D eigenvalue weighted by Crippen LogP contribution is 2.24. The number of hydrogen-bond acceptors (Lipinski definition) is 4. The molecule has 1 saturated heterocycles. The van der Waals surface area contributed by atoms with Crippen LogP contribution < -0.4 is 10.1 Å². The predicted molar refractivity (Wildman–Crippen MR) is 130 cm³/mol. The summed E-state index contributed by atoms with van der Waals surface area (Å²) >= 11 is 0. The van der Waals surface area contributed by atoms with Gasteiger partial charge in [0, 0.05) is 37.1 Å². The summed E-state index contributed by atoms with van der Waals surface area (Å²) in [6.45, 7) is 3.05. The lowest BCUT2D eigenvalue weighted by molar-refractivity contribution is 0.0592. The molecule has 0 atom stereocenters. The van der Waals surface area contributed by atoms with E-state index in [9.17, 15) is 14.4 Å². The summed E-state index contributed by atoms with van der Waals surface area (Å²) < 4.78 is 6.17. The number of Topliss-reactive ketones (excluding diaryl/α,β-unsaturated/α-hetero) is 1. The van der Waals surface area contributed by atoms with Crippen molar-refractivity contribution in [2.45, 2.75) is 25.9 Å². The van der Waals surface area contributed by atoms with Gasteiger partial charge in [-0.25, -0.2) is 0 Å². The maximum absolute atomic E-state index is 12.9. The lowest BCUT2D eigenvalue weighted by Crippen LogP contribution is -2.42. The number of hydrogen-bond donors (Lipinski definition) is 1. The number of likely N-dealkylation sites (tertiary alicyclic amines) is 1. The van der Waals surface area contributed by atoms with Gasteiger partial charge in [0.2, 0.25) is 0 Å². The number of ether oxygens (including phenoxy) is 1.